The van der Waals surface area contributed by atoms with Crippen molar-refractivity contribution in [2.75, 3.05) is 13.2 Å². The zero-order valence-electron chi connectivity index (χ0n) is 12.2. The smallest absolute Gasteiger partial charge is 0.174 e. The Balaban J connectivity index is 2.02. The van der Waals surface area contributed by atoms with Crippen molar-refractivity contribution in [3.63, 3.8) is 0 Å². The molecule has 3 rings (SSSR count). The molecule has 1 unspecified atom stereocenters. The molecule has 1 aromatic carbocycles. The molecule has 1 aliphatic heterocycles. The van der Waals surface area contributed by atoms with Gasteiger partial charge >= 0.3 is 0 Å². The number of furan rings is 1. The second-order valence-electron chi connectivity index (χ2n) is 5.32. The van der Waals surface area contributed by atoms with Crippen LogP contribution in [0.1, 0.15) is 42.5 Å². The monoisotopic (exact) mass is 349 g/mol. The molecule has 0 saturated carbocycles. The lowest BCUT2D eigenvalue weighted by molar-refractivity contribution is 0.283. The predicted molar refractivity (Wildman–Crippen MR) is 86.8 cm³/mol. The molecule has 2 aromatic rings. The number of ether oxygens (including phenoxy) is 1. The Morgan fingerprint density at radius 2 is 2.19 bits per heavy atom. The van der Waals surface area contributed by atoms with Crippen LogP contribution in [0.25, 0.3) is 0 Å². The molecule has 3 nitrogen and oxygen atoms in total. The SMILES string of the molecule is CCCNC(c1ccoc1Br)c1cccc2c1OCCC2. The average molecular weight is 350 g/mol. The molecule has 1 atom stereocenters. The highest BCUT2D eigenvalue weighted by Gasteiger charge is 2.24. The van der Waals surface area contributed by atoms with E-state index in [0.717, 1.165) is 48.4 Å². The molecule has 0 radical (unpaired) electrons. The van der Waals surface area contributed by atoms with Crippen LogP contribution in [-0.2, 0) is 6.42 Å². The van der Waals surface area contributed by atoms with E-state index in [0.29, 0.717) is 0 Å². The van der Waals surface area contributed by atoms with Gasteiger partial charge in [0.2, 0.25) is 0 Å². The number of nitrogens with one attached hydrogen (secondary N) is 1. The maximum Gasteiger partial charge on any atom is 0.174 e. The van der Waals surface area contributed by atoms with Gasteiger partial charge < -0.3 is 14.5 Å². The first-order valence-electron chi connectivity index (χ1n) is 7.52. The number of para-hydroxylation sites is 1. The number of benzene rings is 1. The quantitative estimate of drug-likeness (QED) is 0.865. The summed E-state index contributed by atoms with van der Waals surface area (Å²) < 4.78 is 12.2. The van der Waals surface area contributed by atoms with E-state index in [1.165, 1.54) is 11.1 Å². The predicted octanol–water partition coefficient (Wildman–Crippen LogP) is 4.46. The minimum absolute atomic E-state index is 0.0890. The van der Waals surface area contributed by atoms with E-state index in [1.807, 2.05) is 6.07 Å². The molecule has 0 spiro atoms. The molecule has 2 heterocycles. The van der Waals surface area contributed by atoms with Crippen molar-refractivity contribution in [3.8, 4) is 5.75 Å². The van der Waals surface area contributed by atoms with Gasteiger partial charge in [-0.15, -0.1) is 0 Å². The van der Waals surface area contributed by atoms with E-state index in [-0.39, 0.29) is 6.04 Å². The first kappa shape index (κ1) is 14.7. The number of rotatable bonds is 5. The normalized spacial score (nSPS) is 15.3. The fraction of sp³-hybridized carbons (Fsp3) is 0.412. The fourth-order valence-corrected chi connectivity index (χ4v) is 3.30. The van der Waals surface area contributed by atoms with Crippen molar-refractivity contribution in [2.45, 2.75) is 32.2 Å². The van der Waals surface area contributed by atoms with Gasteiger partial charge in [-0.2, -0.15) is 0 Å². The van der Waals surface area contributed by atoms with Crippen LogP contribution in [0.5, 0.6) is 5.75 Å². The number of hydrogen-bond donors (Lipinski definition) is 1. The van der Waals surface area contributed by atoms with E-state index in [4.69, 9.17) is 9.15 Å². The summed E-state index contributed by atoms with van der Waals surface area (Å²) in [4.78, 5) is 0. The van der Waals surface area contributed by atoms with Crippen molar-refractivity contribution in [3.05, 3.63) is 51.9 Å². The van der Waals surface area contributed by atoms with Crippen molar-refractivity contribution >= 4 is 15.9 Å². The highest BCUT2D eigenvalue weighted by atomic mass is 79.9. The van der Waals surface area contributed by atoms with Crippen LogP contribution >= 0.6 is 15.9 Å². The summed E-state index contributed by atoms with van der Waals surface area (Å²) in [6.45, 7) is 3.93. The Kier molecular flexibility index (Phi) is 4.66. The Morgan fingerprint density at radius 1 is 1.29 bits per heavy atom. The number of hydrogen-bond acceptors (Lipinski definition) is 3. The zero-order valence-corrected chi connectivity index (χ0v) is 13.8. The molecule has 0 saturated heterocycles. The molecule has 112 valence electrons. The highest BCUT2D eigenvalue weighted by molar-refractivity contribution is 9.10. The molecule has 0 amide bonds. The van der Waals surface area contributed by atoms with Gasteiger partial charge in [0.05, 0.1) is 18.9 Å². The van der Waals surface area contributed by atoms with Crippen LogP contribution in [0.15, 0.2) is 39.6 Å². The van der Waals surface area contributed by atoms with E-state index in [9.17, 15) is 0 Å². The third kappa shape index (κ3) is 3.01. The van der Waals surface area contributed by atoms with Crippen LogP contribution in [0.3, 0.4) is 0 Å². The first-order chi connectivity index (χ1) is 10.3. The Morgan fingerprint density at radius 3 is 2.95 bits per heavy atom. The van der Waals surface area contributed by atoms with Crippen molar-refractivity contribution in [1.82, 2.24) is 5.32 Å². The molecular formula is C17H20BrNO2. The third-order valence-corrected chi connectivity index (χ3v) is 4.48. The molecule has 1 aliphatic rings. The number of halogens is 1. The molecule has 1 aromatic heterocycles. The summed E-state index contributed by atoms with van der Waals surface area (Å²) in [7, 11) is 0. The lowest BCUT2D eigenvalue weighted by Crippen LogP contribution is -2.24. The Bertz CT molecular complexity index is 609. The van der Waals surface area contributed by atoms with Gasteiger partial charge in [-0.3, -0.25) is 0 Å². The molecule has 1 N–H and O–H groups in total. The lowest BCUT2D eigenvalue weighted by atomic mass is 9.95. The summed E-state index contributed by atoms with van der Waals surface area (Å²) in [5.41, 5.74) is 3.62. The maximum absolute atomic E-state index is 5.97. The molecule has 0 fully saturated rings. The summed E-state index contributed by atoms with van der Waals surface area (Å²) in [5, 5.41) is 3.61. The number of fused-ring (bicyclic) bond motifs is 1. The van der Waals surface area contributed by atoms with E-state index in [2.05, 4.69) is 46.4 Å². The minimum atomic E-state index is 0.0890. The molecule has 0 bridgehead atoms. The number of aryl methyl sites for hydroxylation is 1. The van der Waals surface area contributed by atoms with Crippen LogP contribution in [0, 0.1) is 0 Å². The van der Waals surface area contributed by atoms with Crippen LogP contribution in [0.2, 0.25) is 0 Å². The van der Waals surface area contributed by atoms with Crippen molar-refractivity contribution in [2.24, 2.45) is 0 Å². The lowest BCUT2D eigenvalue weighted by Gasteiger charge is -2.25. The van der Waals surface area contributed by atoms with Gasteiger partial charge in [-0.25, -0.2) is 0 Å². The second-order valence-corrected chi connectivity index (χ2v) is 6.04. The first-order valence-corrected chi connectivity index (χ1v) is 8.31. The van der Waals surface area contributed by atoms with E-state index in [1.54, 1.807) is 6.26 Å². The van der Waals surface area contributed by atoms with E-state index >= 15 is 0 Å². The molecule has 0 aliphatic carbocycles. The van der Waals surface area contributed by atoms with Gasteiger partial charge in [0.1, 0.15) is 5.75 Å². The zero-order chi connectivity index (χ0) is 14.7. The van der Waals surface area contributed by atoms with Gasteiger partial charge in [-0.1, -0.05) is 25.1 Å². The average Bonchev–Trinajstić information content (AvgIpc) is 2.94. The fourth-order valence-electron chi connectivity index (χ4n) is 2.83. The van der Waals surface area contributed by atoms with Gasteiger partial charge in [-0.05, 0) is 53.4 Å². The van der Waals surface area contributed by atoms with Crippen LogP contribution in [-0.4, -0.2) is 13.2 Å². The standard InChI is InChI=1S/C17H20BrNO2/c1-2-9-19-15(14-8-11-21-17(14)18)13-7-3-5-12-6-4-10-20-16(12)13/h3,5,7-8,11,15,19H,2,4,6,9-10H2,1H3. The molecular weight excluding hydrogens is 330 g/mol. The summed E-state index contributed by atoms with van der Waals surface area (Å²) in [6.07, 6.45) is 4.99. The van der Waals surface area contributed by atoms with E-state index < -0.39 is 0 Å². The highest BCUT2D eigenvalue weighted by Crippen LogP contribution is 2.38. The topological polar surface area (TPSA) is 34.4 Å². The summed E-state index contributed by atoms with van der Waals surface area (Å²) in [5.74, 6) is 1.05. The van der Waals surface area contributed by atoms with Gasteiger partial charge in [0.15, 0.2) is 4.67 Å². The molecule has 4 heteroatoms. The van der Waals surface area contributed by atoms with Gasteiger partial charge in [0.25, 0.3) is 0 Å². The maximum atomic E-state index is 5.97. The summed E-state index contributed by atoms with van der Waals surface area (Å²) >= 11 is 3.50. The van der Waals surface area contributed by atoms with Crippen molar-refractivity contribution in [1.29, 1.82) is 0 Å². The Labute approximate surface area is 133 Å². The van der Waals surface area contributed by atoms with Crippen LogP contribution < -0.4 is 10.1 Å². The minimum Gasteiger partial charge on any atom is -0.493 e. The van der Waals surface area contributed by atoms with Crippen molar-refractivity contribution < 1.29 is 9.15 Å². The largest absolute Gasteiger partial charge is 0.493 e. The third-order valence-electron chi connectivity index (χ3n) is 3.83. The second kappa shape index (κ2) is 6.67. The molecule has 21 heavy (non-hydrogen) atoms. The van der Waals surface area contributed by atoms with Gasteiger partial charge in [0, 0.05) is 11.1 Å². The Hall–Kier alpha value is -1.26. The summed E-state index contributed by atoms with van der Waals surface area (Å²) in [6, 6.07) is 8.54. The van der Waals surface area contributed by atoms with Crippen LogP contribution in [0.4, 0.5) is 0 Å².